The number of rotatable bonds is 4. The zero-order valence-corrected chi connectivity index (χ0v) is 14.1. The van der Waals surface area contributed by atoms with E-state index in [2.05, 4.69) is 0 Å². The fourth-order valence-electron chi connectivity index (χ4n) is 2.25. The molecule has 0 saturated carbocycles. The summed E-state index contributed by atoms with van der Waals surface area (Å²) in [5.74, 6) is -0.448. The minimum atomic E-state index is -4.05. The second-order valence-corrected chi connectivity index (χ2v) is 7.40. The fraction of sp³-hybridized carbons (Fsp3) is 0.417. The summed E-state index contributed by atoms with van der Waals surface area (Å²) in [4.78, 5) is 22.8. The van der Waals surface area contributed by atoms with Crippen molar-refractivity contribution in [1.82, 2.24) is 9.21 Å². The lowest BCUT2D eigenvalue weighted by Gasteiger charge is -2.33. The molecule has 126 valence electrons. The van der Waals surface area contributed by atoms with E-state index in [0.29, 0.717) is 0 Å². The van der Waals surface area contributed by atoms with Crippen LogP contribution in [0.2, 0.25) is 5.02 Å². The van der Waals surface area contributed by atoms with Gasteiger partial charge in [0.1, 0.15) is 5.88 Å². The Kier molecular flexibility index (Phi) is 5.45. The molecule has 0 unspecified atom stereocenters. The van der Waals surface area contributed by atoms with Crippen molar-refractivity contribution >= 4 is 44.8 Å². The highest BCUT2D eigenvalue weighted by molar-refractivity contribution is 7.89. The lowest BCUT2D eigenvalue weighted by Crippen LogP contribution is -2.50. The Labute approximate surface area is 142 Å². The topological polar surface area (TPSA) is 101 Å². The van der Waals surface area contributed by atoms with Gasteiger partial charge in [-0.3, -0.25) is 14.9 Å². The minimum absolute atomic E-state index is 0.0464. The number of hydrogen-bond donors (Lipinski definition) is 0. The van der Waals surface area contributed by atoms with Crippen molar-refractivity contribution in [1.29, 1.82) is 0 Å². The van der Waals surface area contributed by atoms with Crippen LogP contribution in [0.1, 0.15) is 0 Å². The quantitative estimate of drug-likeness (QED) is 0.444. The lowest BCUT2D eigenvalue weighted by atomic mass is 10.3. The number of halogens is 2. The zero-order valence-electron chi connectivity index (χ0n) is 11.8. The van der Waals surface area contributed by atoms with Crippen LogP contribution in [0.5, 0.6) is 0 Å². The van der Waals surface area contributed by atoms with Gasteiger partial charge in [-0.1, -0.05) is 11.6 Å². The van der Waals surface area contributed by atoms with Gasteiger partial charge in [0, 0.05) is 37.3 Å². The molecule has 11 heteroatoms. The molecule has 0 aliphatic carbocycles. The van der Waals surface area contributed by atoms with Crippen LogP contribution in [0.4, 0.5) is 5.69 Å². The SMILES string of the molecule is O=C(CCl)N1CCN(S(=O)(=O)c2ccc(Cl)cc2[N+](=O)[O-])CC1. The van der Waals surface area contributed by atoms with E-state index in [0.717, 1.165) is 16.4 Å². The molecule has 1 amide bonds. The highest BCUT2D eigenvalue weighted by Crippen LogP contribution is 2.30. The highest BCUT2D eigenvalue weighted by atomic mass is 35.5. The van der Waals surface area contributed by atoms with Crippen LogP contribution in [0.15, 0.2) is 23.1 Å². The van der Waals surface area contributed by atoms with Gasteiger partial charge in [-0.25, -0.2) is 8.42 Å². The lowest BCUT2D eigenvalue weighted by molar-refractivity contribution is -0.387. The van der Waals surface area contributed by atoms with Gasteiger partial charge < -0.3 is 4.90 Å². The van der Waals surface area contributed by atoms with Gasteiger partial charge in [-0.15, -0.1) is 11.6 Å². The molecule has 0 radical (unpaired) electrons. The average molecular weight is 382 g/mol. The first-order chi connectivity index (χ1) is 10.8. The Morgan fingerprint density at radius 2 is 1.87 bits per heavy atom. The summed E-state index contributed by atoms with van der Waals surface area (Å²) < 4.78 is 26.3. The summed E-state index contributed by atoms with van der Waals surface area (Å²) in [5.41, 5.74) is -0.572. The second kappa shape index (κ2) is 7.00. The molecule has 2 rings (SSSR count). The molecule has 23 heavy (non-hydrogen) atoms. The van der Waals surface area contributed by atoms with Gasteiger partial charge in [0.05, 0.1) is 4.92 Å². The molecule has 1 aliphatic rings. The predicted molar refractivity (Wildman–Crippen MR) is 84.2 cm³/mol. The Morgan fingerprint density at radius 1 is 1.26 bits per heavy atom. The molecule has 0 atom stereocenters. The smallest absolute Gasteiger partial charge is 0.290 e. The molecular weight excluding hydrogens is 369 g/mol. The largest absolute Gasteiger partial charge is 0.339 e. The number of nitro benzene ring substituents is 1. The number of benzene rings is 1. The van der Waals surface area contributed by atoms with E-state index in [9.17, 15) is 23.3 Å². The molecule has 1 heterocycles. The van der Waals surface area contributed by atoms with E-state index in [1.807, 2.05) is 0 Å². The maximum absolute atomic E-state index is 12.6. The molecule has 1 aromatic rings. The number of alkyl halides is 1. The molecular formula is C12H13Cl2N3O5S. The van der Waals surface area contributed by atoms with Gasteiger partial charge >= 0.3 is 0 Å². The van der Waals surface area contributed by atoms with Gasteiger partial charge in [0.2, 0.25) is 15.9 Å². The third kappa shape index (κ3) is 3.74. The van der Waals surface area contributed by atoms with E-state index in [1.54, 1.807) is 0 Å². The number of sulfonamides is 1. The van der Waals surface area contributed by atoms with E-state index >= 15 is 0 Å². The molecule has 1 saturated heterocycles. The van der Waals surface area contributed by atoms with E-state index in [1.165, 1.54) is 11.0 Å². The summed E-state index contributed by atoms with van der Waals surface area (Å²) in [7, 11) is -4.05. The summed E-state index contributed by atoms with van der Waals surface area (Å²) in [5, 5.41) is 11.2. The maximum Gasteiger partial charge on any atom is 0.290 e. The summed E-state index contributed by atoms with van der Waals surface area (Å²) in [6, 6.07) is 3.41. The van der Waals surface area contributed by atoms with Crippen molar-refractivity contribution in [3.63, 3.8) is 0 Å². The summed E-state index contributed by atoms with van der Waals surface area (Å²) in [6.45, 7) is 0.466. The molecule has 1 aliphatic heterocycles. The Morgan fingerprint density at radius 3 is 2.39 bits per heavy atom. The fourth-order valence-corrected chi connectivity index (χ4v) is 4.15. The summed E-state index contributed by atoms with van der Waals surface area (Å²) in [6.07, 6.45) is 0. The van der Waals surface area contributed by atoms with Crippen molar-refractivity contribution in [3.8, 4) is 0 Å². The standard InChI is InChI=1S/C12H13Cl2N3O5S/c13-8-12(18)15-3-5-16(6-4-15)23(21,22)11-2-1-9(14)7-10(11)17(19)20/h1-2,7H,3-6,8H2. The van der Waals surface area contributed by atoms with Crippen LogP contribution in [-0.4, -0.2) is 60.5 Å². The van der Waals surface area contributed by atoms with E-state index in [4.69, 9.17) is 23.2 Å². The normalized spacial score (nSPS) is 16.3. The van der Waals surface area contributed by atoms with Crippen molar-refractivity contribution in [2.45, 2.75) is 4.90 Å². The third-order valence-corrected chi connectivity index (χ3v) is 5.85. The maximum atomic E-state index is 12.6. The first-order valence-corrected chi connectivity index (χ1v) is 8.90. The molecule has 0 aromatic heterocycles. The van der Waals surface area contributed by atoms with Crippen molar-refractivity contribution in [3.05, 3.63) is 33.3 Å². The van der Waals surface area contributed by atoms with Gasteiger partial charge in [-0.2, -0.15) is 4.31 Å². The average Bonchev–Trinajstić information content (AvgIpc) is 2.53. The molecule has 0 spiro atoms. The molecule has 1 aromatic carbocycles. The van der Waals surface area contributed by atoms with Crippen LogP contribution in [0.3, 0.4) is 0 Å². The number of nitrogens with zero attached hydrogens (tertiary/aromatic N) is 3. The molecule has 0 N–H and O–H groups in total. The second-order valence-electron chi connectivity index (χ2n) is 4.79. The van der Waals surface area contributed by atoms with Gasteiger partial charge in [0.15, 0.2) is 4.90 Å². The zero-order chi connectivity index (χ0) is 17.2. The van der Waals surface area contributed by atoms with Crippen molar-refractivity contribution in [2.75, 3.05) is 32.1 Å². The van der Waals surface area contributed by atoms with Gasteiger partial charge in [-0.05, 0) is 12.1 Å². The number of piperazine rings is 1. The van der Waals surface area contributed by atoms with Crippen LogP contribution >= 0.6 is 23.2 Å². The number of carbonyl (C=O) groups excluding carboxylic acids is 1. The molecule has 0 bridgehead atoms. The first-order valence-electron chi connectivity index (χ1n) is 6.55. The molecule has 8 nitrogen and oxygen atoms in total. The van der Waals surface area contributed by atoms with Crippen LogP contribution in [0, 0.1) is 10.1 Å². The monoisotopic (exact) mass is 381 g/mol. The number of amides is 1. The highest BCUT2D eigenvalue weighted by Gasteiger charge is 2.34. The first kappa shape index (κ1) is 17.9. The Bertz CT molecular complexity index is 732. The number of nitro groups is 1. The Balaban J connectivity index is 2.27. The third-order valence-electron chi connectivity index (χ3n) is 3.44. The predicted octanol–water partition coefficient (Wildman–Crippen LogP) is 1.32. The summed E-state index contributed by atoms with van der Waals surface area (Å²) >= 11 is 11.2. The molecule has 1 fully saturated rings. The Hall–Kier alpha value is -1.42. The van der Waals surface area contributed by atoms with E-state index in [-0.39, 0.29) is 43.0 Å². The van der Waals surface area contributed by atoms with Crippen LogP contribution < -0.4 is 0 Å². The van der Waals surface area contributed by atoms with Crippen LogP contribution in [-0.2, 0) is 14.8 Å². The number of carbonyl (C=O) groups is 1. The number of hydrogen-bond acceptors (Lipinski definition) is 5. The van der Waals surface area contributed by atoms with Crippen LogP contribution in [0.25, 0.3) is 0 Å². The van der Waals surface area contributed by atoms with Crippen molar-refractivity contribution in [2.24, 2.45) is 0 Å². The minimum Gasteiger partial charge on any atom is -0.339 e. The van der Waals surface area contributed by atoms with Gasteiger partial charge in [0.25, 0.3) is 5.69 Å². The van der Waals surface area contributed by atoms with Crippen molar-refractivity contribution < 1.29 is 18.1 Å². The van der Waals surface area contributed by atoms with E-state index < -0.39 is 25.5 Å².